The lowest BCUT2D eigenvalue weighted by Gasteiger charge is -2.33. The summed E-state index contributed by atoms with van der Waals surface area (Å²) in [4.78, 5) is 24.6. The third-order valence-corrected chi connectivity index (χ3v) is 2.85. The fourth-order valence-corrected chi connectivity index (χ4v) is 1.89. The van der Waals surface area contributed by atoms with E-state index in [4.69, 9.17) is 5.11 Å². The minimum atomic E-state index is -0.994. The number of aromatic nitrogens is 2. The highest BCUT2D eigenvalue weighted by Crippen LogP contribution is 2.12. The van der Waals surface area contributed by atoms with E-state index in [1.807, 2.05) is 0 Å². The van der Waals surface area contributed by atoms with Gasteiger partial charge < -0.3 is 15.3 Å². The van der Waals surface area contributed by atoms with E-state index >= 15 is 0 Å². The summed E-state index contributed by atoms with van der Waals surface area (Å²) in [6.45, 7) is 3.00. The Hall–Kier alpha value is -1.89. The third kappa shape index (κ3) is 2.14. The van der Waals surface area contributed by atoms with Crippen molar-refractivity contribution in [2.45, 2.75) is 13.0 Å². The summed E-state index contributed by atoms with van der Waals surface area (Å²) in [5, 5.41) is 18.5. The predicted molar refractivity (Wildman–Crippen MR) is 58.7 cm³/mol. The Balaban J connectivity index is 2.23. The first kappa shape index (κ1) is 11.6. The molecule has 1 amide bonds. The van der Waals surface area contributed by atoms with Gasteiger partial charge in [-0.3, -0.25) is 9.89 Å². The van der Waals surface area contributed by atoms with Gasteiger partial charge in [-0.15, -0.1) is 0 Å². The quantitative estimate of drug-likeness (QED) is 0.627. The van der Waals surface area contributed by atoms with Gasteiger partial charge in [0, 0.05) is 25.3 Å². The number of H-pyrrole nitrogens is 1. The number of carbonyl (C=O) groups excluding carboxylic acids is 1. The smallest absolute Gasteiger partial charge is 0.327 e. The number of carboxylic acids is 1. The Morgan fingerprint density at radius 1 is 1.59 bits per heavy atom. The fourth-order valence-electron chi connectivity index (χ4n) is 1.89. The molecule has 7 heteroatoms. The third-order valence-electron chi connectivity index (χ3n) is 2.85. The van der Waals surface area contributed by atoms with Gasteiger partial charge in [0.15, 0.2) is 0 Å². The van der Waals surface area contributed by atoms with Gasteiger partial charge in [-0.25, -0.2) is 4.79 Å². The molecule has 7 nitrogen and oxygen atoms in total. The van der Waals surface area contributed by atoms with E-state index in [9.17, 15) is 9.59 Å². The SMILES string of the molecule is Cc1[nH]ncc1C(=O)N1CCNCC1C(=O)O. The maximum Gasteiger partial charge on any atom is 0.327 e. The minimum Gasteiger partial charge on any atom is -0.480 e. The second-order valence-corrected chi connectivity index (χ2v) is 3.97. The number of piperazine rings is 1. The summed E-state index contributed by atoms with van der Waals surface area (Å²) < 4.78 is 0. The minimum absolute atomic E-state index is 0.276. The van der Waals surface area contributed by atoms with Crippen LogP contribution in [0.1, 0.15) is 16.1 Å². The van der Waals surface area contributed by atoms with Crippen molar-refractivity contribution in [2.24, 2.45) is 0 Å². The molecular formula is C10H14N4O3. The second-order valence-electron chi connectivity index (χ2n) is 3.97. The van der Waals surface area contributed by atoms with E-state index in [-0.39, 0.29) is 12.5 Å². The lowest BCUT2D eigenvalue weighted by molar-refractivity contribution is -0.142. The molecule has 1 aromatic heterocycles. The summed E-state index contributed by atoms with van der Waals surface area (Å²) in [5.74, 6) is -1.28. The number of aromatic amines is 1. The van der Waals surface area contributed by atoms with Crippen molar-refractivity contribution in [3.05, 3.63) is 17.5 Å². The number of amides is 1. The van der Waals surface area contributed by atoms with Crippen LogP contribution in [-0.4, -0.2) is 57.8 Å². The number of nitrogens with one attached hydrogen (secondary N) is 2. The summed E-state index contributed by atoms with van der Waals surface area (Å²) >= 11 is 0. The maximum atomic E-state index is 12.2. The zero-order chi connectivity index (χ0) is 12.4. The Labute approximate surface area is 97.8 Å². The van der Waals surface area contributed by atoms with Crippen LogP contribution in [0, 0.1) is 6.92 Å². The second kappa shape index (κ2) is 4.54. The number of carboxylic acid groups (broad SMARTS) is 1. The molecule has 1 unspecified atom stereocenters. The van der Waals surface area contributed by atoms with Crippen molar-refractivity contribution in [3.8, 4) is 0 Å². The van der Waals surface area contributed by atoms with Gasteiger partial charge in [0.05, 0.1) is 11.8 Å². The van der Waals surface area contributed by atoms with E-state index < -0.39 is 12.0 Å². The van der Waals surface area contributed by atoms with Crippen LogP contribution in [0.4, 0.5) is 0 Å². The topological polar surface area (TPSA) is 98.3 Å². The highest BCUT2D eigenvalue weighted by Gasteiger charge is 2.33. The largest absolute Gasteiger partial charge is 0.480 e. The molecule has 1 atom stereocenters. The predicted octanol–water partition coefficient (Wildman–Crippen LogP) is -0.783. The number of nitrogens with zero attached hydrogens (tertiary/aromatic N) is 2. The van der Waals surface area contributed by atoms with Gasteiger partial charge in [-0.05, 0) is 6.92 Å². The number of hydrogen-bond acceptors (Lipinski definition) is 4. The van der Waals surface area contributed by atoms with E-state index in [0.717, 1.165) is 0 Å². The molecule has 0 bridgehead atoms. The molecule has 17 heavy (non-hydrogen) atoms. The first-order chi connectivity index (χ1) is 8.11. The highest BCUT2D eigenvalue weighted by molar-refractivity contribution is 5.97. The molecule has 1 aromatic rings. The van der Waals surface area contributed by atoms with Crippen LogP contribution in [0.3, 0.4) is 0 Å². The fraction of sp³-hybridized carbons (Fsp3) is 0.500. The van der Waals surface area contributed by atoms with Crippen molar-refractivity contribution in [1.29, 1.82) is 0 Å². The van der Waals surface area contributed by atoms with Crippen LogP contribution in [0.25, 0.3) is 0 Å². The highest BCUT2D eigenvalue weighted by atomic mass is 16.4. The average molecular weight is 238 g/mol. The van der Waals surface area contributed by atoms with Crippen molar-refractivity contribution >= 4 is 11.9 Å². The molecule has 2 heterocycles. The first-order valence-electron chi connectivity index (χ1n) is 5.35. The van der Waals surface area contributed by atoms with Crippen molar-refractivity contribution < 1.29 is 14.7 Å². The van der Waals surface area contributed by atoms with Crippen molar-refractivity contribution in [3.63, 3.8) is 0 Å². The van der Waals surface area contributed by atoms with Crippen LogP contribution in [0.15, 0.2) is 6.20 Å². The van der Waals surface area contributed by atoms with Crippen molar-refractivity contribution in [1.82, 2.24) is 20.4 Å². The molecule has 0 radical (unpaired) electrons. The molecule has 92 valence electrons. The summed E-state index contributed by atoms with van der Waals surface area (Å²) in [5.41, 5.74) is 1.08. The maximum absolute atomic E-state index is 12.2. The molecule has 1 aliphatic rings. The van der Waals surface area contributed by atoms with E-state index in [0.29, 0.717) is 24.3 Å². The van der Waals surface area contributed by atoms with Crippen LogP contribution in [0.2, 0.25) is 0 Å². The van der Waals surface area contributed by atoms with Crippen LogP contribution in [-0.2, 0) is 4.79 Å². The summed E-state index contributed by atoms with van der Waals surface area (Å²) in [6.07, 6.45) is 1.43. The zero-order valence-electron chi connectivity index (χ0n) is 9.43. The molecule has 2 rings (SSSR count). The number of carbonyl (C=O) groups is 2. The lowest BCUT2D eigenvalue weighted by atomic mass is 10.1. The molecule has 1 saturated heterocycles. The van der Waals surface area contributed by atoms with Crippen LogP contribution >= 0.6 is 0 Å². The molecule has 3 N–H and O–H groups in total. The lowest BCUT2D eigenvalue weighted by Crippen LogP contribution is -2.57. The average Bonchev–Trinajstić information content (AvgIpc) is 2.74. The normalized spacial score (nSPS) is 20.3. The molecule has 0 aromatic carbocycles. The molecule has 1 aliphatic heterocycles. The Kier molecular flexibility index (Phi) is 3.10. The Morgan fingerprint density at radius 2 is 2.35 bits per heavy atom. The van der Waals surface area contributed by atoms with E-state index in [2.05, 4.69) is 15.5 Å². The standard InChI is InChI=1S/C10H14N4O3/c1-6-7(4-12-13-6)9(15)14-3-2-11-5-8(14)10(16)17/h4,8,11H,2-3,5H2,1H3,(H,12,13)(H,16,17). The van der Waals surface area contributed by atoms with Gasteiger partial charge >= 0.3 is 5.97 Å². The van der Waals surface area contributed by atoms with Gasteiger partial charge in [-0.2, -0.15) is 5.10 Å². The number of rotatable bonds is 2. The number of aryl methyl sites for hydroxylation is 1. The monoisotopic (exact) mass is 238 g/mol. The molecule has 0 aliphatic carbocycles. The van der Waals surface area contributed by atoms with Crippen LogP contribution in [0.5, 0.6) is 0 Å². The van der Waals surface area contributed by atoms with E-state index in [1.165, 1.54) is 11.1 Å². The Morgan fingerprint density at radius 3 is 2.94 bits per heavy atom. The number of aliphatic carboxylic acids is 1. The molecule has 1 fully saturated rings. The van der Waals surface area contributed by atoms with Crippen molar-refractivity contribution in [2.75, 3.05) is 19.6 Å². The van der Waals surface area contributed by atoms with Gasteiger partial charge in [-0.1, -0.05) is 0 Å². The molecule has 0 spiro atoms. The first-order valence-corrected chi connectivity index (χ1v) is 5.35. The van der Waals surface area contributed by atoms with Crippen LogP contribution < -0.4 is 5.32 Å². The van der Waals surface area contributed by atoms with Gasteiger partial charge in [0.1, 0.15) is 6.04 Å². The summed E-state index contributed by atoms with van der Waals surface area (Å²) in [6, 6.07) is -0.814. The molecular weight excluding hydrogens is 224 g/mol. The van der Waals surface area contributed by atoms with Gasteiger partial charge in [0.25, 0.3) is 5.91 Å². The zero-order valence-corrected chi connectivity index (χ0v) is 9.43. The van der Waals surface area contributed by atoms with E-state index in [1.54, 1.807) is 6.92 Å². The van der Waals surface area contributed by atoms with Gasteiger partial charge in [0.2, 0.25) is 0 Å². The number of hydrogen-bond donors (Lipinski definition) is 3. The Bertz CT molecular complexity index is 443. The summed E-state index contributed by atoms with van der Waals surface area (Å²) in [7, 11) is 0. The molecule has 0 saturated carbocycles.